The minimum absolute atomic E-state index is 0.0939. The van der Waals surface area contributed by atoms with Gasteiger partial charge in [-0.25, -0.2) is 4.98 Å². The van der Waals surface area contributed by atoms with Gasteiger partial charge in [0.2, 0.25) is 0 Å². The van der Waals surface area contributed by atoms with Crippen LogP contribution in [0.5, 0.6) is 0 Å². The van der Waals surface area contributed by atoms with Crippen LogP contribution in [0.3, 0.4) is 0 Å². The molecule has 5 rings (SSSR count). The summed E-state index contributed by atoms with van der Waals surface area (Å²) in [6, 6.07) is 25.9. The predicted molar refractivity (Wildman–Crippen MR) is 152 cm³/mol. The summed E-state index contributed by atoms with van der Waals surface area (Å²) in [7, 11) is 0. The fraction of sp³-hybridized carbons (Fsp3) is 0.194. The number of nitro benzene ring substituents is 1. The van der Waals surface area contributed by atoms with Crippen molar-refractivity contribution >= 4 is 33.3 Å². The van der Waals surface area contributed by atoms with Crippen LogP contribution in [0.4, 0.5) is 5.69 Å². The summed E-state index contributed by atoms with van der Waals surface area (Å²) in [6.45, 7) is 6.18. The molecule has 1 amide bonds. The third kappa shape index (κ3) is 5.01. The van der Waals surface area contributed by atoms with Crippen molar-refractivity contribution in [2.75, 3.05) is 6.54 Å². The number of aromatic nitrogens is 2. The average Bonchev–Trinajstić information content (AvgIpc) is 2.95. The van der Waals surface area contributed by atoms with Crippen LogP contribution >= 0.6 is 0 Å². The maximum absolute atomic E-state index is 13.9. The summed E-state index contributed by atoms with van der Waals surface area (Å²) >= 11 is 0. The maximum atomic E-state index is 13.9. The Hall–Kier alpha value is -4.85. The van der Waals surface area contributed by atoms with Crippen LogP contribution in [-0.4, -0.2) is 31.8 Å². The van der Waals surface area contributed by atoms with Crippen molar-refractivity contribution in [2.45, 2.75) is 26.8 Å². The second-order valence-electron chi connectivity index (χ2n) is 9.99. The normalized spacial score (nSPS) is 12.1. The number of nitrogens with zero attached hydrogens (tertiary/aromatic N) is 4. The second-order valence-corrected chi connectivity index (χ2v) is 9.99. The first-order chi connectivity index (χ1) is 18.7. The molecule has 8 nitrogen and oxygen atoms in total. The lowest BCUT2D eigenvalue weighted by molar-refractivity contribution is -0.384. The number of non-ortho nitro benzene ring substituents is 1. The van der Waals surface area contributed by atoms with Crippen molar-refractivity contribution < 1.29 is 9.72 Å². The number of benzene rings is 4. The van der Waals surface area contributed by atoms with E-state index in [0.717, 1.165) is 10.8 Å². The molecule has 1 heterocycles. The molecule has 1 atom stereocenters. The molecule has 1 unspecified atom stereocenters. The smallest absolute Gasteiger partial charge is 0.270 e. The number of hydrogen-bond donors (Lipinski definition) is 0. The van der Waals surface area contributed by atoms with Crippen LogP contribution in [0, 0.1) is 16.0 Å². The van der Waals surface area contributed by atoms with E-state index in [4.69, 9.17) is 4.98 Å². The number of carbonyl (C=O) groups excluding carboxylic acids is 1. The molecular formula is C31H28N4O4. The topological polar surface area (TPSA) is 98.3 Å². The highest BCUT2D eigenvalue weighted by atomic mass is 16.6. The molecule has 39 heavy (non-hydrogen) atoms. The van der Waals surface area contributed by atoms with Gasteiger partial charge in [0.15, 0.2) is 0 Å². The number of amides is 1. The number of nitro groups is 1. The molecule has 5 aromatic rings. The first-order valence-corrected chi connectivity index (χ1v) is 12.8. The van der Waals surface area contributed by atoms with Crippen molar-refractivity contribution in [1.29, 1.82) is 0 Å². The van der Waals surface area contributed by atoms with E-state index in [1.807, 2.05) is 69.3 Å². The zero-order chi connectivity index (χ0) is 27.7. The van der Waals surface area contributed by atoms with E-state index in [2.05, 4.69) is 0 Å². The molecule has 1 aromatic heterocycles. The SMILES string of the molecule is CC(C)CN(C(=O)c1cccc([N+](=O)[O-])c1)C(C)c1nc2ccccc2c(=O)n1-c1ccc2ccccc2c1. The van der Waals surface area contributed by atoms with E-state index >= 15 is 0 Å². The number of para-hydroxylation sites is 1. The van der Waals surface area contributed by atoms with Gasteiger partial charge in [-0.1, -0.05) is 62.4 Å². The van der Waals surface area contributed by atoms with Crippen LogP contribution in [0.25, 0.3) is 27.4 Å². The van der Waals surface area contributed by atoms with Gasteiger partial charge in [-0.05, 0) is 53.9 Å². The molecule has 0 radical (unpaired) electrons. The molecule has 0 aliphatic rings. The maximum Gasteiger partial charge on any atom is 0.270 e. The Morgan fingerprint density at radius 1 is 0.923 bits per heavy atom. The first-order valence-electron chi connectivity index (χ1n) is 12.8. The van der Waals surface area contributed by atoms with Gasteiger partial charge in [-0.3, -0.25) is 24.3 Å². The molecule has 196 valence electrons. The highest BCUT2D eigenvalue weighted by Gasteiger charge is 2.29. The zero-order valence-corrected chi connectivity index (χ0v) is 21.9. The molecule has 0 bridgehead atoms. The summed E-state index contributed by atoms with van der Waals surface area (Å²) in [6.07, 6.45) is 0. The first kappa shape index (κ1) is 25.8. The molecule has 0 saturated heterocycles. The Bertz CT molecular complexity index is 1780. The Morgan fingerprint density at radius 2 is 1.64 bits per heavy atom. The Labute approximate surface area is 225 Å². The van der Waals surface area contributed by atoms with Gasteiger partial charge in [0.25, 0.3) is 17.2 Å². The van der Waals surface area contributed by atoms with E-state index in [1.54, 1.807) is 33.7 Å². The molecule has 0 aliphatic carbocycles. The molecule has 4 aromatic carbocycles. The van der Waals surface area contributed by atoms with E-state index < -0.39 is 11.0 Å². The largest absolute Gasteiger partial charge is 0.328 e. The molecule has 0 spiro atoms. The number of hydrogen-bond acceptors (Lipinski definition) is 5. The van der Waals surface area contributed by atoms with Crippen LogP contribution in [-0.2, 0) is 0 Å². The van der Waals surface area contributed by atoms with Gasteiger partial charge in [0.1, 0.15) is 5.82 Å². The number of carbonyl (C=O) groups is 1. The van der Waals surface area contributed by atoms with E-state index in [1.165, 1.54) is 18.2 Å². The van der Waals surface area contributed by atoms with Crippen LogP contribution in [0.2, 0.25) is 0 Å². The Balaban J connectivity index is 1.70. The highest BCUT2D eigenvalue weighted by Crippen LogP contribution is 2.27. The molecular weight excluding hydrogens is 492 g/mol. The average molecular weight is 521 g/mol. The Morgan fingerprint density at radius 3 is 2.38 bits per heavy atom. The van der Waals surface area contributed by atoms with Gasteiger partial charge in [0.05, 0.1) is 27.6 Å². The van der Waals surface area contributed by atoms with Gasteiger partial charge in [-0.2, -0.15) is 0 Å². The van der Waals surface area contributed by atoms with Crippen molar-refractivity contribution in [3.8, 4) is 5.69 Å². The molecule has 0 N–H and O–H groups in total. The van der Waals surface area contributed by atoms with E-state index in [9.17, 15) is 19.7 Å². The van der Waals surface area contributed by atoms with Gasteiger partial charge >= 0.3 is 0 Å². The number of fused-ring (bicyclic) bond motifs is 2. The number of rotatable bonds is 7. The monoisotopic (exact) mass is 520 g/mol. The van der Waals surface area contributed by atoms with Crippen LogP contribution in [0.1, 0.15) is 43.0 Å². The quantitative estimate of drug-likeness (QED) is 0.185. The predicted octanol–water partition coefficient (Wildman–Crippen LogP) is 6.31. The van der Waals surface area contributed by atoms with Gasteiger partial charge < -0.3 is 4.90 Å². The summed E-state index contributed by atoms with van der Waals surface area (Å²) in [5.74, 6) is 0.136. The van der Waals surface area contributed by atoms with E-state index in [-0.39, 0.29) is 28.6 Å². The third-order valence-corrected chi connectivity index (χ3v) is 6.76. The van der Waals surface area contributed by atoms with Crippen molar-refractivity contribution in [3.05, 3.63) is 123 Å². The zero-order valence-electron chi connectivity index (χ0n) is 21.9. The van der Waals surface area contributed by atoms with Crippen molar-refractivity contribution in [1.82, 2.24) is 14.5 Å². The van der Waals surface area contributed by atoms with Crippen LogP contribution in [0.15, 0.2) is 95.8 Å². The fourth-order valence-electron chi connectivity index (χ4n) is 4.86. The summed E-state index contributed by atoms with van der Waals surface area (Å²) in [4.78, 5) is 45.2. The lowest BCUT2D eigenvalue weighted by atomic mass is 10.1. The third-order valence-electron chi connectivity index (χ3n) is 6.76. The molecule has 8 heteroatoms. The van der Waals surface area contributed by atoms with Crippen LogP contribution < -0.4 is 5.56 Å². The lowest BCUT2D eigenvalue weighted by Gasteiger charge is -2.32. The fourth-order valence-corrected chi connectivity index (χ4v) is 4.86. The van der Waals surface area contributed by atoms with Crippen molar-refractivity contribution in [3.63, 3.8) is 0 Å². The molecule has 0 fully saturated rings. The lowest BCUT2D eigenvalue weighted by Crippen LogP contribution is -2.39. The standard InChI is InChI=1S/C31H28N4O4/c1-20(2)19-33(30(36)24-11-8-12-26(18-24)35(38)39)21(3)29-32-28-14-7-6-13-27(28)31(37)34(29)25-16-15-22-9-4-5-10-23(22)17-25/h4-18,20-21H,19H2,1-3H3. The van der Waals surface area contributed by atoms with E-state index in [0.29, 0.717) is 29.0 Å². The summed E-state index contributed by atoms with van der Waals surface area (Å²) < 4.78 is 1.58. The minimum Gasteiger partial charge on any atom is -0.328 e. The van der Waals surface area contributed by atoms with Gasteiger partial charge in [-0.15, -0.1) is 0 Å². The second kappa shape index (κ2) is 10.5. The summed E-state index contributed by atoms with van der Waals surface area (Å²) in [5, 5.41) is 13.9. The highest BCUT2D eigenvalue weighted by molar-refractivity contribution is 5.95. The Kier molecular flexibility index (Phi) is 6.94. The van der Waals surface area contributed by atoms with Gasteiger partial charge in [0, 0.05) is 24.2 Å². The minimum atomic E-state index is -0.622. The molecule has 0 aliphatic heterocycles. The van der Waals surface area contributed by atoms with Crippen molar-refractivity contribution in [2.24, 2.45) is 5.92 Å². The summed E-state index contributed by atoms with van der Waals surface area (Å²) in [5.41, 5.74) is 0.997. The molecule has 0 saturated carbocycles.